The number of fused-ring (bicyclic) bond motifs is 1. The number of nitrogens with zero attached hydrogens (tertiary/aromatic N) is 2. The van der Waals surface area contributed by atoms with Crippen LogP contribution in [0.4, 0.5) is 5.82 Å². The van der Waals surface area contributed by atoms with E-state index in [0.717, 1.165) is 37.4 Å². The number of nitrogens with one attached hydrogen (secondary N) is 1. The summed E-state index contributed by atoms with van der Waals surface area (Å²) in [4.78, 5) is 9.26. The average molecular weight is 325 g/mol. The van der Waals surface area contributed by atoms with E-state index in [1.54, 1.807) is 0 Å². The van der Waals surface area contributed by atoms with Crippen molar-refractivity contribution in [2.24, 2.45) is 0 Å². The van der Waals surface area contributed by atoms with Gasteiger partial charge in [0.25, 0.3) is 0 Å². The fraction of sp³-hybridized carbons (Fsp3) is 0.500. The van der Waals surface area contributed by atoms with Crippen molar-refractivity contribution in [2.75, 3.05) is 11.9 Å². The van der Waals surface area contributed by atoms with E-state index in [1.165, 1.54) is 29.7 Å². The van der Waals surface area contributed by atoms with Crippen LogP contribution in [-0.4, -0.2) is 27.7 Å². The van der Waals surface area contributed by atoms with Gasteiger partial charge in [-0.25, -0.2) is 9.97 Å². The molecule has 0 radical (unpaired) electrons. The predicted octanol–water partition coefficient (Wildman–Crippen LogP) is 3.63. The quantitative estimate of drug-likeness (QED) is 0.851. The van der Waals surface area contributed by atoms with Crippen LogP contribution < -0.4 is 5.32 Å². The van der Waals surface area contributed by atoms with Gasteiger partial charge in [0.2, 0.25) is 0 Å². The van der Waals surface area contributed by atoms with Crippen molar-refractivity contribution in [2.45, 2.75) is 58.0 Å². The van der Waals surface area contributed by atoms with Crippen LogP contribution in [0.25, 0.3) is 0 Å². The minimum absolute atomic E-state index is 0.265. The Balaban J connectivity index is 1.78. The largest absolute Gasteiger partial charge is 0.393 e. The molecule has 0 spiro atoms. The highest BCUT2D eigenvalue weighted by molar-refractivity contribution is 5.48. The van der Waals surface area contributed by atoms with Crippen LogP contribution >= 0.6 is 0 Å². The third-order valence-corrected chi connectivity index (χ3v) is 4.71. The highest BCUT2D eigenvalue weighted by Crippen LogP contribution is 2.27. The number of rotatable bonds is 6. The Morgan fingerprint density at radius 2 is 1.88 bits per heavy atom. The molecule has 3 rings (SSSR count). The van der Waals surface area contributed by atoms with E-state index in [0.29, 0.717) is 0 Å². The lowest BCUT2D eigenvalue weighted by molar-refractivity contribution is 0.175. The number of hydrogen-bond donors (Lipinski definition) is 2. The summed E-state index contributed by atoms with van der Waals surface area (Å²) in [6.07, 6.45) is 4.97. The Hall–Kier alpha value is -1.94. The van der Waals surface area contributed by atoms with E-state index >= 15 is 0 Å². The maximum absolute atomic E-state index is 9.86. The number of aromatic nitrogens is 2. The number of benzene rings is 1. The second kappa shape index (κ2) is 7.75. The van der Waals surface area contributed by atoms with Crippen molar-refractivity contribution in [1.29, 1.82) is 0 Å². The summed E-state index contributed by atoms with van der Waals surface area (Å²) in [5.41, 5.74) is 3.75. The van der Waals surface area contributed by atoms with Crippen LogP contribution in [0.2, 0.25) is 0 Å². The molecule has 0 aliphatic heterocycles. The van der Waals surface area contributed by atoms with Gasteiger partial charge in [-0.3, -0.25) is 0 Å². The van der Waals surface area contributed by atoms with E-state index in [4.69, 9.17) is 0 Å². The highest BCUT2D eigenvalue weighted by atomic mass is 16.3. The number of aliphatic hydroxyl groups is 1. The first-order valence-corrected chi connectivity index (χ1v) is 8.96. The molecule has 0 bridgehead atoms. The average Bonchev–Trinajstić information content (AvgIpc) is 2.58. The SMILES string of the molecule is Cc1nc2c(c(NCC(CC(C)O)c3ccccc3)n1)CCCC2. The molecule has 4 heteroatoms. The third-order valence-electron chi connectivity index (χ3n) is 4.71. The number of anilines is 1. The predicted molar refractivity (Wildman–Crippen MR) is 97.4 cm³/mol. The monoisotopic (exact) mass is 325 g/mol. The maximum Gasteiger partial charge on any atom is 0.133 e. The molecule has 2 aromatic rings. The molecule has 0 amide bonds. The fourth-order valence-corrected chi connectivity index (χ4v) is 3.56. The Morgan fingerprint density at radius 1 is 1.12 bits per heavy atom. The lowest BCUT2D eigenvalue weighted by Gasteiger charge is -2.23. The van der Waals surface area contributed by atoms with Crippen molar-refractivity contribution in [3.05, 3.63) is 53.0 Å². The van der Waals surface area contributed by atoms with E-state index in [9.17, 15) is 5.11 Å². The molecule has 1 aliphatic carbocycles. The van der Waals surface area contributed by atoms with Crippen LogP contribution in [0, 0.1) is 6.92 Å². The molecule has 1 heterocycles. The molecule has 2 unspecified atom stereocenters. The zero-order valence-electron chi connectivity index (χ0n) is 14.6. The van der Waals surface area contributed by atoms with Crippen LogP contribution in [0.1, 0.15) is 54.7 Å². The summed E-state index contributed by atoms with van der Waals surface area (Å²) in [6, 6.07) is 10.4. The third kappa shape index (κ3) is 4.12. The van der Waals surface area contributed by atoms with E-state index in [2.05, 4.69) is 39.6 Å². The Morgan fingerprint density at radius 3 is 2.62 bits per heavy atom. The van der Waals surface area contributed by atoms with Gasteiger partial charge in [0.15, 0.2) is 0 Å². The van der Waals surface area contributed by atoms with Gasteiger partial charge in [-0.15, -0.1) is 0 Å². The summed E-state index contributed by atoms with van der Waals surface area (Å²) >= 11 is 0. The van der Waals surface area contributed by atoms with Crippen molar-refractivity contribution in [3.8, 4) is 0 Å². The van der Waals surface area contributed by atoms with Crippen LogP contribution in [0.15, 0.2) is 30.3 Å². The van der Waals surface area contributed by atoms with Gasteiger partial charge in [-0.05, 0) is 51.5 Å². The molecule has 1 aliphatic rings. The Bertz CT molecular complexity index is 670. The molecule has 2 N–H and O–H groups in total. The summed E-state index contributed by atoms with van der Waals surface area (Å²) < 4.78 is 0. The second-order valence-corrected chi connectivity index (χ2v) is 6.83. The topological polar surface area (TPSA) is 58.0 Å². The van der Waals surface area contributed by atoms with Gasteiger partial charge in [0.1, 0.15) is 11.6 Å². The van der Waals surface area contributed by atoms with Crippen LogP contribution in [-0.2, 0) is 12.8 Å². The van der Waals surface area contributed by atoms with Gasteiger partial charge < -0.3 is 10.4 Å². The minimum Gasteiger partial charge on any atom is -0.393 e. The summed E-state index contributed by atoms with van der Waals surface area (Å²) in [5, 5.41) is 13.4. The normalized spacial score (nSPS) is 16.3. The summed E-state index contributed by atoms with van der Waals surface area (Å²) in [5.74, 6) is 2.09. The van der Waals surface area contributed by atoms with Crippen molar-refractivity contribution < 1.29 is 5.11 Å². The number of aryl methyl sites for hydroxylation is 2. The van der Waals surface area contributed by atoms with Gasteiger partial charge in [-0.2, -0.15) is 0 Å². The maximum atomic E-state index is 9.86. The molecule has 128 valence electrons. The zero-order chi connectivity index (χ0) is 16.9. The molecular formula is C20H27N3O. The van der Waals surface area contributed by atoms with E-state index in [-0.39, 0.29) is 12.0 Å². The smallest absolute Gasteiger partial charge is 0.133 e. The molecule has 24 heavy (non-hydrogen) atoms. The van der Waals surface area contributed by atoms with Gasteiger partial charge in [-0.1, -0.05) is 30.3 Å². The lowest BCUT2D eigenvalue weighted by atomic mass is 9.93. The summed E-state index contributed by atoms with van der Waals surface area (Å²) in [7, 11) is 0. The molecule has 2 atom stereocenters. The minimum atomic E-state index is -0.321. The van der Waals surface area contributed by atoms with Crippen LogP contribution in [0.5, 0.6) is 0 Å². The first-order valence-electron chi connectivity index (χ1n) is 8.96. The Kier molecular flexibility index (Phi) is 5.46. The van der Waals surface area contributed by atoms with Crippen molar-refractivity contribution in [1.82, 2.24) is 9.97 Å². The van der Waals surface area contributed by atoms with Crippen molar-refractivity contribution in [3.63, 3.8) is 0 Å². The standard InChI is InChI=1S/C20H27N3O/c1-14(24)12-17(16-8-4-3-5-9-16)13-21-20-18-10-6-7-11-19(18)22-15(2)23-20/h3-5,8-9,14,17,24H,6-7,10-13H2,1-2H3,(H,21,22,23). The van der Waals surface area contributed by atoms with E-state index < -0.39 is 0 Å². The fourth-order valence-electron chi connectivity index (χ4n) is 3.56. The molecule has 1 aromatic carbocycles. The highest BCUT2D eigenvalue weighted by Gasteiger charge is 2.19. The molecule has 1 aromatic heterocycles. The number of aliphatic hydroxyl groups excluding tert-OH is 1. The first kappa shape index (κ1) is 16.9. The lowest BCUT2D eigenvalue weighted by Crippen LogP contribution is -2.20. The number of hydrogen-bond acceptors (Lipinski definition) is 4. The molecule has 4 nitrogen and oxygen atoms in total. The molecular weight excluding hydrogens is 298 g/mol. The summed E-state index contributed by atoms with van der Waals surface area (Å²) in [6.45, 7) is 4.59. The Labute approximate surface area is 144 Å². The second-order valence-electron chi connectivity index (χ2n) is 6.83. The first-order chi connectivity index (χ1) is 11.6. The molecule has 0 saturated heterocycles. The molecule has 0 saturated carbocycles. The van der Waals surface area contributed by atoms with Gasteiger partial charge >= 0.3 is 0 Å². The molecule has 0 fully saturated rings. The zero-order valence-corrected chi connectivity index (χ0v) is 14.6. The van der Waals surface area contributed by atoms with E-state index in [1.807, 2.05) is 19.9 Å². The van der Waals surface area contributed by atoms with Gasteiger partial charge in [0.05, 0.1) is 6.10 Å². The van der Waals surface area contributed by atoms with Crippen LogP contribution in [0.3, 0.4) is 0 Å². The van der Waals surface area contributed by atoms with Crippen molar-refractivity contribution >= 4 is 5.82 Å². The van der Waals surface area contributed by atoms with Gasteiger partial charge in [0, 0.05) is 23.7 Å².